The fourth-order valence-corrected chi connectivity index (χ4v) is 3.20. The summed E-state index contributed by atoms with van der Waals surface area (Å²) in [6.45, 7) is 7.06. The van der Waals surface area contributed by atoms with Crippen LogP contribution < -0.4 is 5.32 Å². The third-order valence-electron chi connectivity index (χ3n) is 4.36. The standard InChI is InChI=1S/C16H20N2O2/c1-10-3-4-13-12(5-6-15(19)20)14-9-17-7-8-18(14)16(13)11(10)2/h3-4,17H,5-9H2,1-2H3,(H,19,20). The SMILES string of the molecule is Cc1ccc2c(CCC(=O)O)c3n(c2c1C)CCNC3. The van der Waals surface area contributed by atoms with E-state index in [1.165, 1.54) is 33.3 Å². The molecule has 1 aromatic carbocycles. The number of nitrogens with one attached hydrogen (secondary N) is 1. The predicted octanol–water partition coefficient (Wildman–Crippen LogP) is 2.38. The van der Waals surface area contributed by atoms with Gasteiger partial charge in [0.1, 0.15) is 0 Å². The molecule has 106 valence electrons. The Kier molecular flexibility index (Phi) is 3.26. The molecular weight excluding hydrogens is 252 g/mol. The van der Waals surface area contributed by atoms with Crippen LogP contribution in [0.1, 0.15) is 28.8 Å². The number of hydrogen-bond donors (Lipinski definition) is 2. The van der Waals surface area contributed by atoms with Gasteiger partial charge in [0.15, 0.2) is 0 Å². The highest BCUT2D eigenvalue weighted by molar-refractivity contribution is 5.89. The van der Waals surface area contributed by atoms with Crippen molar-refractivity contribution >= 4 is 16.9 Å². The van der Waals surface area contributed by atoms with E-state index >= 15 is 0 Å². The van der Waals surface area contributed by atoms with Crippen molar-refractivity contribution in [3.63, 3.8) is 0 Å². The van der Waals surface area contributed by atoms with Gasteiger partial charge in [0.2, 0.25) is 0 Å². The molecule has 3 rings (SSSR count). The third kappa shape index (κ3) is 2.00. The van der Waals surface area contributed by atoms with Gasteiger partial charge in [-0.25, -0.2) is 0 Å². The fourth-order valence-electron chi connectivity index (χ4n) is 3.20. The molecule has 0 amide bonds. The maximum absolute atomic E-state index is 10.9. The highest BCUT2D eigenvalue weighted by Gasteiger charge is 2.21. The molecule has 0 radical (unpaired) electrons. The number of aliphatic carboxylic acids is 1. The van der Waals surface area contributed by atoms with Crippen molar-refractivity contribution in [3.8, 4) is 0 Å². The van der Waals surface area contributed by atoms with Gasteiger partial charge >= 0.3 is 5.97 Å². The monoisotopic (exact) mass is 272 g/mol. The van der Waals surface area contributed by atoms with E-state index in [2.05, 4.69) is 35.9 Å². The first-order valence-corrected chi connectivity index (χ1v) is 7.12. The molecule has 1 aliphatic heterocycles. The van der Waals surface area contributed by atoms with Gasteiger partial charge in [0.25, 0.3) is 0 Å². The molecule has 0 saturated heterocycles. The van der Waals surface area contributed by atoms with Crippen molar-refractivity contribution in [3.05, 3.63) is 34.5 Å². The molecule has 0 spiro atoms. The number of carboxylic acids is 1. The summed E-state index contributed by atoms with van der Waals surface area (Å²) in [5.74, 6) is -0.731. The summed E-state index contributed by atoms with van der Waals surface area (Å²) in [6, 6.07) is 4.29. The molecule has 4 heteroatoms. The first kappa shape index (κ1) is 13.2. The zero-order chi connectivity index (χ0) is 14.3. The molecule has 0 atom stereocenters. The number of aromatic nitrogens is 1. The highest BCUT2D eigenvalue weighted by atomic mass is 16.4. The van der Waals surface area contributed by atoms with E-state index in [4.69, 9.17) is 5.11 Å². The molecule has 0 bridgehead atoms. The maximum atomic E-state index is 10.9. The topological polar surface area (TPSA) is 54.3 Å². The third-order valence-corrected chi connectivity index (χ3v) is 4.36. The Morgan fingerprint density at radius 1 is 1.40 bits per heavy atom. The van der Waals surface area contributed by atoms with Crippen LogP contribution in [0.15, 0.2) is 12.1 Å². The summed E-state index contributed by atoms with van der Waals surface area (Å²) >= 11 is 0. The summed E-state index contributed by atoms with van der Waals surface area (Å²) in [7, 11) is 0. The molecule has 0 unspecified atom stereocenters. The van der Waals surface area contributed by atoms with Crippen LogP contribution in [0.5, 0.6) is 0 Å². The van der Waals surface area contributed by atoms with Crippen molar-refractivity contribution in [2.45, 2.75) is 39.8 Å². The second-order valence-electron chi connectivity index (χ2n) is 5.55. The second-order valence-corrected chi connectivity index (χ2v) is 5.55. The lowest BCUT2D eigenvalue weighted by atomic mass is 10.0. The first-order chi connectivity index (χ1) is 9.59. The normalized spacial score (nSPS) is 14.5. The summed E-state index contributed by atoms with van der Waals surface area (Å²) in [5, 5.41) is 13.6. The van der Waals surface area contributed by atoms with Crippen molar-refractivity contribution in [1.29, 1.82) is 0 Å². The van der Waals surface area contributed by atoms with Crippen LogP contribution in [0.3, 0.4) is 0 Å². The van der Waals surface area contributed by atoms with Gasteiger partial charge < -0.3 is 15.0 Å². The Hall–Kier alpha value is -1.81. The molecule has 0 saturated carbocycles. The van der Waals surface area contributed by atoms with Crippen molar-refractivity contribution in [2.24, 2.45) is 0 Å². The Labute approximate surface area is 118 Å². The summed E-state index contributed by atoms with van der Waals surface area (Å²) < 4.78 is 2.38. The van der Waals surface area contributed by atoms with Crippen LogP contribution in [0.4, 0.5) is 0 Å². The zero-order valence-electron chi connectivity index (χ0n) is 12.0. The lowest BCUT2D eigenvalue weighted by Crippen LogP contribution is -2.28. The molecule has 2 aromatic rings. The van der Waals surface area contributed by atoms with Crippen molar-refractivity contribution < 1.29 is 9.90 Å². The molecule has 1 aliphatic rings. The van der Waals surface area contributed by atoms with Crippen molar-refractivity contribution in [2.75, 3.05) is 6.54 Å². The van der Waals surface area contributed by atoms with Gasteiger partial charge in [0.05, 0.1) is 5.52 Å². The van der Waals surface area contributed by atoms with Gasteiger partial charge in [-0.05, 0) is 37.0 Å². The molecule has 4 nitrogen and oxygen atoms in total. The number of aryl methyl sites for hydroxylation is 3. The van der Waals surface area contributed by atoms with Crippen LogP contribution in [0.2, 0.25) is 0 Å². The van der Waals surface area contributed by atoms with Crippen molar-refractivity contribution in [1.82, 2.24) is 9.88 Å². The Morgan fingerprint density at radius 3 is 2.95 bits per heavy atom. The number of nitrogens with zero attached hydrogens (tertiary/aromatic N) is 1. The summed E-state index contributed by atoms with van der Waals surface area (Å²) in [6.07, 6.45) is 0.803. The Morgan fingerprint density at radius 2 is 2.20 bits per heavy atom. The Bertz CT molecular complexity index is 686. The minimum absolute atomic E-state index is 0.193. The van der Waals surface area contributed by atoms with Gasteiger partial charge in [-0.1, -0.05) is 12.1 Å². The number of benzene rings is 1. The van der Waals surface area contributed by atoms with E-state index in [1.807, 2.05) is 0 Å². The van der Waals surface area contributed by atoms with E-state index in [0.29, 0.717) is 6.42 Å². The van der Waals surface area contributed by atoms with Crippen LogP contribution in [-0.2, 0) is 24.3 Å². The summed E-state index contributed by atoms with van der Waals surface area (Å²) in [5.41, 5.74) is 6.37. The lowest BCUT2D eigenvalue weighted by Gasteiger charge is -2.19. The molecule has 2 heterocycles. The molecule has 2 N–H and O–H groups in total. The molecule has 1 aromatic heterocycles. The van der Waals surface area contributed by atoms with Crippen LogP contribution in [-0.4, -0.2) is 22.2 Å². The van der Waals surface area contributed by atoms with Gasteiger partial charge in [0, 0.05) is 37.1 Å². The highest BCUT2D eigenvalue weighted by Crippen LogP contribution is 2.32. The second kappa shape index (κ2) is 4.94. The number of carbonyl (C=O) groups is 1. The molecule has 20 heavy (non-hydrogen) atoms. The van der Waals surface area contributed by atoms with Crippen LogP contribution in [0, 0.1) is 13.8 Å². The van der Waals surface area contributed by atoms with Crippen LogP contribution in [0.25, 0.3) is 10.9 Å². The van der Waals surface area contributed by atoms with Crippen LogP contribution >= 0.6 is 0 Å². The number of fused-ring (bicyclic) bond motifs is 3. The molecular formula is C16H20N2O2. The number of rotatable bonds is 3. The summed E-state index contributed by atoms with van der Waals surface area (Å²) in [4.78, 5) is 10.9. The minimum atomic E-state index is -0.731. The lowest BCUT2D eigenvalue weighted by molar-refractivity contribution is -0.136. The van der Waals surface area contributed by atoms with Gasteiger partial charge in [-0.3, -0.25) is 4.79 Å². The number of hydrogen-bond acceptors (Lipinski definition) is 2. The molecule has 0 aliphatic carbocycles. The Balaban J connectivity index is 2.22. The maximum Gasteiger partial charge on any atom is 0.303 e. The van der Waals surface area contributed by atoms with E-state index in [0.717, 1.165) is 19.6 Å². The molecule has 0 fully saturated rings. The van der Waals surface area contributed by atoms with E-state index in [1.54, 1.807) is 0 Å². The fraction of sp³-hybridized carbons (Fsp3) is 0.438. The van der Waals surface area contributed by atoms with Gasteiger partial charge in [-0.15, -0.1) is 0 Å². The average molecular weight is 272 g/mol. The largest absolute Gasteiger partial charge is 0.481 e. The quantitative estimate of drug-likeness (QED) is 0.902. The smallest absolute Gasteiger partial charge is 0.303 e. The number of carboxylic acid groups (broad SMARTS) is 1. The predicted molar refractivity (Wildman–Crippen MR) is 79.1 cm³/mol. The average Bonchev–Trinajstić information content (AvgIpc) is 2.75. The van der Waals surface area contributed by atoms with E-state index < -0.39 is 5.97 Å². The van der Waals surface area contributed by atoms with E-state index in [9.17, 15) is 4.79 Å². The van der Waals surface area contributed by atoms with E-state index in [-0.39, 0.29) is 6.42 Å². The van der Waals surface area contributed by atoms with Gasteiger partial charge in [-0.2, -0.15) is 0 Å². The minimum Gasteiger partial charge on any atom is -0.481 e. The zero-order valence-corrected chi connectivity index (χ0v) is 12.0. The first-order valence-electron chi connectivity index (χ1n) is 7.12.